The third-order valence-electron chi connectivity index (χ3n) is 4.68. The smallest absolute Gasteiger partial charge is 0.261 e. The normalized spacial score (nSPS) is 18.2. The molecule has 0 aromatic heterocycles. The summed E-state index contributed by atoms with van der Waals surface area (Å²) in [6.45, 7) is 8.55. The second-order valence-corrected chi connectivity index (χ2v) is 8.68. The lowest BCUT2D eigenvalue weighted by Gasteiger charge is -2.35. The van der Waals surface area contributed by atoms with E-state index in [-0.39, 0.29) is 4.90 Å². The quantitative estimate of drug-likeness (QED) is 0.864. The van der Waals surface area contributed by atoms with Crippen LogP contribution < -0.4 is 9.62 Å². The van der Waals surface area contributed by atoms with Crippen LogP contribution in [0.5, 0.6) is 0 Å². The molecule has 0 bridgehead atoms. The summed E-state index contributed by atoms with van der Waals surface area (Å²) in [6, 6.07) is 14.8. The van der Waals surface area contributed by atoms with Crippen LogP contribution in [0.4, 0.5) is 11.4 Å². The molecule has 3 rings (SSSR count). The third kappa shape index (κ3) is 4.19. The van der Waals surface area contributed by atoms with Gasteiger partial charge in [0.25, 0.3) is 10.0 Å². The summed E-state index contributed by atoms with van der Waals surface area (Å²) >= 11 is 0. The molecule has 1 N–H and O–H groups in total. The van der Waals surface area contributed by atoms with E-state index in [1.165, 1.54) is 0 Å². The lowest BCUT2D eigenvalue weighted by Crippen LogP contribution is -2.43. The van der Waals surface area contributed by atoms with Crippen molar-refractivity contribution in [2.24, 2.45) is 0 Å². The fraction of sp³-hybridized carbons (Fsp3) is 0.400. The van der Waals surface area contributed by atoms with Crippen molar-refractivity contribution in [2.75, 3.05) is 29.4 Å². The summed E-state index contributed by atoms with van der Waals surface area (Å²) in [5.74, 6) is 0.370. The van der Waals surface area contributed by atoms with Crippen LogP contribution in [0.15, 0.2) is 53.4 Å². The van der Waals surface area contributed by atoms with Gasteiger partial charge in [0.15, 0.2) is 0 Å². The highest BCUT2D eigenvalue weighted by molar-refractivity contribution is 7.92. The number of nitrogens with one attached hydrogen (secondary N) is 1. The largest absolute Gasteiger partial charge is 0.377 e. The Morgan fingerprint density at radius 3 is 2.31 bits per heavy atom. The monoisotopic (exact) mass is 374 g/mol. The molecule has 0 radical (unpaired) electrons. The average molecular weight is 375 g/mol. The number of sulfonamides is 1. The molecule has 1 fully saturated rings. The van der Waals surface area contributed by atoms with Crippen LogP contribution in [0.25, 0.3) is 0 Å². The summed E-state index contributed by atoms with van der Waals surface area (Å²) in [5.41, 5.74) is 2.75. The number of nitrogens with zero attached hydrogens (tertiary/aromatic N) is 1. The van der Waals surface area contributed by atoms with Crippen molar-refractivity contribution in [3.8, 4) is 0 Å². The number of anilines is 2. The van der Waals surface area contributed by atoms with E-state index >= 15 is 0 Å². The lowest BCUT2D eigenvalue weighted by atomic mass is 10.0. The van der Waals surface area contributed by atoms with E-state index in [0.29, 0.717) is 30.9 Å². The molecule has 0 aliphatic carbocycles. The second kappa shape index (κ2) is 7.68. The van der Waals surface area contributed by atoms with E-state index in [1.54, 1.807) is 24.3 Å². The SMILES string of the molecule is CC(C)c1ccc(S(=O)(=O)Nc2ccc(N3CCOCC3C)cc2)cc1. The maximum atomic E-state index is 12.6. The Bertz CT molecular complexity index is 830. The van der Waals surface area contributed by atoms with Gasteiger partial charge >= 0.3 is 0 Å². The van der Waals surface area contributed by atoms with Gasteiger partial charge in [-0.3, -0.25) is 4.72 Å². The van der Waals surface area contributed by atoms with Crippen molar-refractivity contribution in [3.63, 3.8) is 0 Å². The minimum atomic E-state index is -3.59. The third-order valence-corrected chi connectivity index (χ3v) is 6.07. The van der Waals surface area contributed by atoms with E-state index in [0.717, 1.165) is 17.8 Å². The zero-order valence-corrected chi connectivity index (χ0v) is 16.3. The molecule has 6 heteroatoms. The van der Waals surface area contributed by atoms with Crippen LogP contribution in [0.2, 0.25) is 0 Å². The minimum absolute atomic E-state index is 0.271. The van der Waals surface area contributed by atoms with Gasteiger partial charge < -0.3 is 9.64 Å². The topological polar surface area (TPSA) is 58.6 Å². The highest BCUT2D eigenvalue weighted by Crippen LogP contribution is 2.24. The molecular weight excluding hydrogens is 348 g/mol. The van der Waals surface area contributed by atoms with Gasteiger partial charge in [0.1, 0.15) is 0 Å². The minimum Gasteiger partial charge on any atom is -0.377 e. The Kier molecular flexibility index (Phi) is 5.53. The molecule has 0 saturated carbocycles. The van der Waals surface area contributed by atoms with Gasteiger partial charge in [0.2, 0.25) is 0 Å². The first-order valence-electron chi connectivity index (χ1n) is 8.94. The van der Waals surface area contributed by atoms with Gasteiger partial charge in [-0.25, -0.2) is 8.42 Å². The summed E-state index contributed by atoms with van der Waals surface area (Å²) in [6.07, 6.45) is 0. The predicted octanol–water partition coefficient (Wildman–Crippen LogP) is 3.84. The fourth-order valence-corrected chi connectivity index (χ4v) is 4.14. The molecule has 140 valence electrons. The number of ether oxygens (including phenoxy) is 1. The van der Waals surface area contributed by atoms with Gasteiger partial charge in [-0.2, -0.15) is 0 Å². The van der Waals surface area contributed by atoms with Gasteiger partial charge in [0.05, 0.1) is 18.1 Å². The number of hydrogen-bond donors (Lipinski definition) is 1. The molecule has 1 aliphatic heterocycles. The van der Waals surface area contributed by atoms with E-state index in [2.05, 4.69) is 30.4 Å². The molecule has 1 saturated heterocycles. The summed E-state index contributed by atoms with van der Waals surface area (Å²) in [5, 5.41) is 0. The highest BCUT2D eigenvalue weighted by Gasteiger charge is 2.19. The van der Waals surface area contributed by atoms with Gasteiger partial charge in [-0.1, -0.05) is 26.0 Å². The maximum Gasteiger partial charge on any atom is 0.261 e. The van der Waals surface area contributed by atoms with E-state index in [1.807, 2.05) is 24.3 Å². The van der Waals surface area contributed by atoms with Gasteiger partial charge in [-0.15, -0.1) is 0 Å². The number of morpholine rings is 1. The molecule has 1 aliphatic rings. The standard InChI is InChI=1S/C20H26N2O3S/c1-15(2)17-4-10-20(11-5-17)26(23,24)21-18-6-8-19(9-7-18)22-12-13-25-14-16(22)3/h4-11,15-16,21H,12-14H2,1-3H3. The van der Waals surface area contributed by atoms with Crippen molar-refractivity contribution in [1.82, 2.24) is 0 Å². The molecule has 0 spiro atoms. The van der Waals surface area contributed by atoms with Crippen molar-refractivity contribution < 1.29 is 13.2 Å². The first-order chi connectivity index (χ1) is 12.4. The van der Waals surface area contributed by atoms with Crippen LogP contribution in [0.3, 0.4) is 0 Å². The summed E-state index contributed by atoms with van der Waals surface area (Å²) < 4.78 is 33.3. The Hall–Kier alpha value is -2.05. The lowest BCUT2D eigenvalue weighted by molar-refractivity contribution is 0.0989. The number of benzene rings is 2. The number of rotatable bonds is 5. The zero-order valence-electron chi connectivity index (χ0n) is 15.5. The molecule has 2 aromatic rings. The fourth-order valence-electron chi connectivity index (χ4n) is 3.08. The maximum absolute atomic E-state index is 12.6. The molecule has 0 amide bonds. The van der Waals surface area contributed by atoms with Gasteiger partial charge in [0, 0.05) is 24.0 Å². The number of hydrogen-bond acceptors (Lipinski definition) is 4. The van der Waals surface area contributed by atoms with E-state index in [4.69, 9.17) is 4.74 Å². The predicted molar refractivity (Wildman–Crippen MR) is 105 cm³/mol. The van der Waals surface area contributed by atoms with Crippen LogP contribution in [-0.4, -0.2) is 34.2 Å². The molecule has 1 atom stereocenters. The molecule has 1 heterocycles. The Balaban J connectivity index is 1.73. The molecule has 2 aromatic carbocycles. The van der Waals surface area contributed by atoms with Crippen LogP contribution in [0.1, 0.15) is 32.3 Å². The van der Waals surface area contributed by atoms with Crippen molar-refractivity contribution in [3.05, 3.63) is 54.1 Å². The zero-order chi connectivity index (χ0) is 18.7. The summed E-state index contributed by atoms with van der Waals surface area (Å²) in [7, 11) is -3.59. The Labute approximate surface area is 156 Å². The first kappa shape index (κ1) is 18.7. The highest BCUT2D eigenvalue weighted by atomic mass is 32.2. The first-order valence-corrected chi connectivity index (χ1v) is 10.4. The Morgan fingerprint density at radius 2 is 1.73 bits per heavy atom. The molecular formula is C20H26N2O3S. The summed E-state index contributed by atoms with van der Waals surface area (Å²) in [4.78, 5) is 2.54. The van der Waals surface area contributed by atoms with Gasteiger partial charge in [-0.05, 0) is 54.8 Å². The van der Waals surface area contributed by atoms with Crippen molar-refractivity contribution in [2.45, 2.75) is 37.6 Å². The van der Waals surface area contributed by atoms with E-state index in [9.17, 15) is 8.42 Å². The van der Waals surface area contributed by atoms with E-state index < -0.39 is 10.0 Å². The Morgan fingerprint density at radius 1 is 1.08 bits per heavy atom. The van der Waals surface area contributed by atoms with Crippen molar-refractivity contribution in [1.29, 1.82) is 0 Å². The average Bonchev–Trinajstić information content (AvgIpc) is 2.63. The molecule has 26 heavy (non-hydrogen) atoms. The van der Waals surface area contributed by atoms with Crippen LogP contribution in [-0.2, 0) is 14.8 Å². The van der Waals surface area contributed by atoms with Crippen LogP contribution >= 0.6 is 0 Å². The molecule has 5 nitrogen and oxygen atoms in total. The molecule has 1 unspecified atom stereocenters. The van der Waals surface area contributed by atoms with Crippen molar-refractivity contribution >= 4 is 21.4 Å². The second-order valence-electron chi connectivity index (χ2n) is 6.99. The van der Waals surface area contributed by atoms with Crippen LogP contribution in [0, 0.1) is 0 Å².